The molecule has 0 aromatic heterocycles. The SMILES string of the molecule is O=C1CCC2C(CCC3C4CC=CC4CCC23)CN1. The van der Waals surface area contributed by atoms with Gasteiger partial charge < -0.3 is 5.32 Å². The first-order valence-electron chi connectivity index (χ1n) is 8.26. The predicted molar refractivity (Wildman–Crippen MR) is 75.4 cm³/mol. The van der Waals surface area contributed by atoms with Crippen LogP contribution >= 0.6 is 0 Å². The molecule has 3 fully saturated rings. The first kappa shape index (κ1) is 12.0. The molecule has 1 aliphatic heterocycles. The number of hydrogen-bond donors (Lipinski definition) is 1. The lowest BCUT2D eigenvalue weighted by Gasteiger charge is -2.49. The third-order valence-electron chi connectivity index (χ3n) is 6.57. The Morgan fingerprint density at radius 1 is 0.947 bits per heavy atom. The van der Waals surface area contributed by atoms with Crippen molar-refractivity contribution in [3.05, 3.63) is 12.2 Å². The third-order valence-corrected chi connectivity index (χ3v) is 6.57. The van der Waals surface area contributed by atoms with E-state index >= 15 is 0 Å². The van der Waals surface area contributed by atoms with Gasteiger partial charge in [0.05, 0.1) is 0 Å². The Morgan fingerprint density at radius 2 is 1.79 bits per heavy atom. The largest absolute Gasteiger partial charge is 0.356 e. The summed E-state index contributed by atoms with van der Waals surface area (Å²) in [6.45, 7) is 0.957. The first-order valence-corrected chi connectivity index (χ1v) is 8.26. The summed E-state index contributed by atoms with van der Waals surface area (Å²) < 4.78 is 0. The zero-order chi connectivity index (χ0) is 12.8. The van der Waals surface area contributed by atoms with Gasteiger partial charge in [0, 0.05) is 13.0 Å². The fourth-order valence-corrected chi connectivity index (χ4v) is 5.71. The van der Waals surface area contributed by atoms with Crippen molar-refractivity contribution in [2.24, 2.45) is 35.5 Å². The van der Waals surface area contributed by atoms with Crippen LogP contribution in [0.5, 0.6) is 0 Å². The molecule has 0 spiro atoms. The molecule has 4 rings (SSSR count). The number of allylic oxidation sites excluding steroid dienone is 2. The number of amides is 1. The molecule has 6 atom stereocenters. The normalized spacial score (nSPS) is 48.7. The summed E-state index contributed by atoms with van der Waals surface area (Å²) in [6, 6.07) is 0. The van der Waals surface area contributed by atoms with Gasteiger partial charge in [-0.3, -0.25) is 4.79 Å². The van der Waals surface area contributed by atoms with Gasteiger partial charge in [0.25, 0.3) is 0 Å². The van der Waals surface area contributed by atoms with Crippen molar-refractivity contribution in [3.63, 3.8) is 0 Å². The van der Waals surface area contributed by atoms with Gasteiger partial charge >= 0.3 is 0 Å². The smallest absolute Gasteiger partial charge is 0.220 e. The molecule has 19 heavy (non-hydrogen) atoms. The molecule has 2 heteroatoms. The van der Waals surface area contributed by atoms with Crippen LogP contribution in [0.25, 0.3) is 0 Å². The van der Waals surface area contributed by atoms with Gasteiger partial charge in [0.1, 0.15) is 0 Å². The van der Waals surface area contributed by atoms with Gasteiger partial charge in [-0.15, -0.1) is 0 Å². The Kier molecular flexibility index (Phi) is 2.93. The van der Waals surface area contributed by atoms with Crippen LogP contribution in [0.1, 0.15) is 44.9 Å². The second-order valence-electron chi connectivity index (χ2n) is 7.24. The van der Waals surface area contributed by atoms with Crippen molar-refractivity contribution in [1.82, 2.24) is 5.32 Å². The third kappa shape index (κ3) is 1.95. The molecule has 1 amide bonds. The van der Waals surface area contributed by atoms with Crippen molar-refractivity contribution in [2.75, 3.05) is 6.54 Å². The van der Waals surface area contributed by atoms with E-state index in [0.717, 1.165) is 54.9 Å². The average Bonchev–Trinajstić information content (AvgIpc) is 2.83. The monoisotopic (exact) mass is 259 g/mol. The summed E-state index contributed by atoms with van der Waals surface area (Å²) in [5.74, 6) is 5.63. The maximum atomic E-state index is 11.6. The average molecular weight is 259 g/mol. The van der Waals surface area contributed by atoms with Crippen molar-refractivity contribution in [3.8, 4) is 0 Å². The summed E-state index contributed by atoms with van der Waals surface area (Å²) in [6.07, 6.45) is 13.8. The van der Waals surface area contributed by atoms with E-state index in [4.69, 9.17) is 0 Å². The van der Waals surface area contributed by atoms with Crippen LogP contribution in [-0.4, -0.2) is 12.5 Å². The van der Waals surface area contributed by atoms with Gasteiger partial charge in [0.2, 0.25) is 5.91 Å². The molecule has 0 radical (unpaired) electrons. The van der Waals surface area contributed by atoms with E-state index in [-0.39, 0.29) is 0 Å². The number of hydrogen-bond acceptors (Lipinski definition) is 1. The number of carbonyl (C=O) groups excluding carboxylic acids is 1. The molecule has 1 saturated heterocycles. The van der Waals surface area contributed by atoms with Crippen LogP contribution in [0.2, 0.25) is 0 Å². The fourth-order valence-electron chi connectivity index (χ4n) is 5.71. The second kappa shape index (κ2) is 4.64. The van der Waals surface area contributed by atoms with Gasteiger partial charge in [-0.1, -0.05) is 12.2 Å². The highest BCUT2D eigenvalue weighted by atomic mass is 16.1. The first-order chi connectivity index (χ1) is 9.33. The molecule has 1 heterocycles. The highest BCUT2D eigenvalue weighted by molar-refractivity contribution is 5.76. The minimum atomic E-state index is 0.294. The second-order valence-corrected chi connectivity index (χ2v) is 7.24. The van der Waals surface area contributed by atoms with Gasteiger partial charge in [-0.05, 0) is 74.0 Å². The summed E-state index contributed by atoms with van der Waals surface area (Å²) >= 11 is 0. The van der Waals surface area contributed by atoms with Crippen LogP contribution in [-0.2, 0) is 4.79 Å². The standard InChI is InChI=1S/C17H25NO/c19-17-9-8-14-12(10-18-17)5-7-15-13-3-1-2-11(13)4-6-16(14)15/h1-2,11-16H,3-10H2,(H,18,19). The summed E-state index contributed by atoms with van der Waals surface area (Å²) in [5, 5.41) is 3.13. The topological polar surface area (TPSA) is 29.1 Å². The molecule has 0 aromatic rings. The lowest BCUT2D eigenvalue weighted by Crippen LogP contribution is -2.43. The Hall–Kier alpha value is -0.790. The summed E-state index contributed by atoms with van der Waals surface area (Å²) in [4.78, 5) is 11.6. The Bertz CT molecular complexity index is 402. The van der Waals surface area contributed by atoms with Crippen molar-refractivity contribution < 1.29 is 4.79 Å². The van der Waals surface area contributed by atoms with E-state index in [0.29, 0.717) is 5.91 Å². The van der Waals surface area contributed by atoms with E-state index in [1.165, 1.54) is 32.1 Å². The molecule has 4 aliphatic rings. The highest BCUT2D eigenvalue weighted by Crippen LogP contribution is 2.54. The highest BCUT2D eigenvalue weighted by Gasteiger charge is 2.47. The summed E-state index contributed by atoms with van der Waals surface area (Å²) in [7, 11) is 0. The van der Waals surface area contributed by atoms with E-state index in [1.807, 2.05) is 0 Å². The van der Waals surface area contributed by atoms with Crippen molar-refractivity contribution in [1.29, 1.82) is 0 Å². The molecule has 0 aromatic carbocycles. The molecule has 104 valence electrons. The molecule has 2 saturated carbocycles. The van der Waals surface area contributed by atoms with Crippen LogP contribution in [0.4, 0.5) is 0 Å². The maximum absolute atomic E-state index is 11.6. The molecule has 3 aliphatic carbocycles. The Morgan fingerprint density at radius 3 is 2.74 bits per heavy atom. The van der Waals surface area contributed by atoms with Crippen LogP contribution in [0, 0.1) is 35.5 Å². The minimum absolute atomic E-state index is 0.294. The van der Waals surface area contributed by atoms with Crippen molar-refractivity contribution in [2.45, 2.75) is 44.9 Å². The summed E-state index contributed by atoms with van der Waals surface area (Å²) in [5.41, 5.74) is 0. The predicted octanol–water partition coefficient (Wildman–Crippen LogP) is 3.14. The Balaban J connectivity index is 1.55. The number of fused-ring (bicyclic) bond motifs is 5. The van der Waals surface area contributed by atoms with E-state index in [2.05, 4.69) is 17.5 Å². The van der Waals surface area contributed by atoms with Gasteiger partial charge in [-0.25, -0.2) is 0 Å². The molecule has 2 nitrogen and oxygen atoms in total. The van der Waals surface area contributed by atoms with E-state index in [1.54, 1.807) is 0 Å². The number of carbonyl (C=O) groups is 1. The van der Waals surface area contributed by atoms with Crippen LogP contribution in [0.15, 0.2) is 12.2 Å². The lowest BCUT2D eigenvalue weighted by molar-refractivity contribution is -0.120. The minimum Gasteiger partial charge on any atom is -0.356 e. The lowest BCUT2D eigenvalue weighted by atomic mass is 9.55. The van der Waals surface area contributed by atoms with Crippen LogP contribution in [0.3, 0.4) is 0 Å². The van der Waals surface area contributed by atoms with Crippen molar-refractivity contribution >= 4 is 5.91 Å². The quantitative estimate of drug-likeness (QED) is 0.665. The van der Waals surface area contributed by atoms with E-state index < -0.39 is 0 Å². The number of nitrogens with one attached hydrogen (secondary N) is 1. The zero-order valence-electron chi connectivity index (χ0n) is 11.7. The van der Waals surface area contributed by atoms with Gasteiger partial charge in [-0.2, -0.15) is 0 Å². The maximum Gasteiger partial charge on any atom is 0.220 e. The molecule has 6 unspecified atom stereocenters. The van der Waals surface area contributed by atoms with E-state index in [9.17, 15) is 4.79 Å². The molecular formula is C17H25NO. The van der Waals surface area contributed by atoms with Crippen LogP contribution < -0.4 is 5.32 Å². The van der Waals surface area contributed by atoms with Gasteiger partial charge in [0.15, 0.2) is 0 Å². The fraction of sp³-hybridized carbons (Fsp3) is 0.824. The molecule has 1 N–H and O–H groups in total. The molecular weight excluding hydrogens is 234 g/mol. The molecule has 0 bridgehead atoms. The Labute approximate surface area is 116 Å². The number of rotatable bonds is 0. The zero-order valence-corrected chi connectivity index (χ0v) is 11.7.